The number of aromatic nitrogens is 2. The number of ether oxygens (including phenoxy) is 1. The SMILES string of the molecule is Cc1ncc(CNCc2ccc(OC(F)F)cc2)[nH]1. The van der Waals surface area contributed by atoms with Gasteiger partial charge in [-0.3, -0.25) is 0 Å². The van der Waals surface area contributed by atoms with Crippen LogP contribution in [0.25, 0.3) is 0 Å². The molecule has 0 amide bonds. The van der Waals surface area contributed by atoms with Crippen molar-refractivity contribution in [3.8, 4) is 5.75 Å². The summed E-state index contributed by atoms with van der Waals surface area (Å²) in [6.07, 6.45) is 1.78. The second-order valence-electron chi connectivity index (χ2n) is 4.12. The van der Waals surface area contributed by atoms with Gasteiger partial charge >= 0.3 is 6.61 Å². The molecule has 1 aromatic heterocycles. The van der Waals surface area contributed by atoms with Gasteiger partial charge < -0.3 is 15.0 Å². The third-order valence-electron chi connectivity index (χ3n) is 2.55. The van der Waals surface area contributed by atoms with Crippen LogP contribution in [0.3, 0.4) is 0 Å². The summed E-state index contributed by atoms with van der Waals surface area (Å²) in [6, 6.07) is 6.57. The lowest BCUT2D eigenvalue weighted by Crippen LogP contribution is -2.13. The number of imidazole rings is 1. The zero-order chi connectivity index (χ0) is 13.7. The molecule has 0 bridgehead atoms. The molecule has 0 spiro atoms. The number of alkyl halides is 2. The number of nitrogens with zero attached hydrogens (tertiary/aromatic N) is 1. The highest BCUT2D eigenvalue weighted by Crippen LogP contribution is 2.14. The predicted octanol–water partition coefficient (Wildman–Crippen LogP) is 2.61. The average Bonchev–Trinajstić information content (AvgIpc) is 2.77. The highest BCUT2D eigenvalue weighted by Gasteiger charge is 2.03. The molecule has 102 valence electrons. The van der Waals surface area contributed by atoms with Crippen LogP contribution in [0.15, 0.2) is 30.5 Å². The average molecular weight is 267 g/mol. The molecule has 2 rings (SSSR count). The van der Waals surface area contributed by atoms with Crippen molar-refractivity contribution in [2.24, 2.45) is 0 Å². The van der Waals surface area contributed by atoms with E-state index in [9.17, 15) is 8.78 Å². The number of rotatable bonds is 6. The second-order valence-corrected chi connectivity index (χ2v) is 4.12. The van der Waals surface area contributed by atoms with Gasteiger partial charge in [-0.25, -0.2) is 4.98 Å². The molecular weight excluding hydrogens is 252 g/mol. The van der Waals surface area contributed by atoms with Crippen LogP contribution in [0, 0.1) is 6.92 Å². The zero-order valence-electron chi connectivity index (χ0n) is 10.5. The van der Waals surface area contributed by atoms with E-state index < -0.39 is 6.61 Å². The van der Waals surface area contributed by atoms with Gasteiger partial charge in [0.2, 0.25) is 0 Å². The van der Waals surface area contributed by atoms with E-state index >= 15 is 0 Å². The van der Waals surface area contributed by atoms with Gasteiger partial charge in [0.1, 0.15) is 11.6 Å². The fourth-order valence-corrected chi connectivity index (χ4v) is 1.69. The predicted molar refractivity (Wildman–Crippen MR) is 66.9 cm³/mol. The highest BCUT2D eigenvalue weighted by molar-refractivity contribution is 5.27. The van der Waals surface area contributed by atoms with Crippen LogP contribution in [0.1, 0.15) is 17.1 Å². The Labute approximate surface area is 109 Å². The fourth-order valence-electron chi connectivity index (χ4n) is 1.69. The van der Waals surface area contributed by atoms with Crippen LogP contribution in [-0.4, -0.2) is 16.6 Å². The lowest BCUT2D eigenvalue weighted by Gasteiger charge is -2.06. The van der Waals surface area contributed by atoms with Gasteiger partial charge in [-0.15, -0.1) is 0 Å². The van der Waals surface area contributed by atoms with E-state index in [1.807, 2.05) is 6.92 Å². The summed E-state index contributed by atoms with van der Waals surface area (Å²) >= 11 is 0. The number of hydrogen-bond donors (Lipinski definition) is 2. The van der Waals surface area contributed by atoms with Crippen LogP contribution in [0.4, 0.5) is 8.78 Å². The first-order valence-electron chi connectivity index (χ1n) is 5.88. The highest BCUT2D eigenvalue weighted by atomic mass is 19.3. The van der Waals surface area contributed by atoms with E-state index in [-0.39, 0.29) is 5.75 Å². The van der Waals surface area contributed by atoms with Crippen molar-refractivity contribution in [2.75, 3.05) is 0 Å². The van der Waals surface area contributed by atoms with Gasteiger partial charge in [0, 0.05) is 25.0 Å². The molecule has 19 heavy (non-hydrogen) atoms. The third-order valence-corrected chi connectivity index (χ3v) is 2.55. The number of H-pyrrole nitrogens is 1. The Kier molecular flexibility index (Phi) is 4.46. The maximum absolute atomic E-state index is 12.0. The minimum Gasteiger partial charge on any atom is -0.435 e. The zero-order valence-corrected chi connectivity index (χ0v) is 10.5. The van der Waals surface area contributed by atoms with E-state index in [0.717, 1.165) is 17.1 Å². The van der Waals surface area contributed by atoms with Gasteiger partial charge in [0.15, 0.2) is 0 Å². The normalized spacial score (nSPS) is 10.9. The molecule has 6 heteroatoms. The van der Waals surface area contributed by atoms with Crippen LogP contribution < -0.4 is 10.1 Å². The van der Waals surface area contributed by atoms with Gasteiger partial charge in [-0.1, -0.05) is 12.1 Å². The molecular formula is C13H15F2N3O. The second kappa shape index (κ2) is 6.29. The minimum absolute atomic E-state index is 0.169. The van der Waals surface area contributed by atoms with E-state index in [0.29, 0.717) is 13.1 Å². The first kappa shape index (κ1) is 13.5. The molecule has 0 saturated carbocycles. The summed E-state index contributed by atoms with van der Waals surface area (Å²) < 4.78 is 28.2. The number of aryl methyl sites for hydroxylation is 1. The van der Waals surface area contributed by atoms with Crippen LogP contribution in [-0.2, 0) is 13.1 Å². The molecule has 2 N–H and O–H groups in total. The Morgan fingerprint density at radius 3 is 2.58 bits per heavy atom. The number of aromatic amines is 1. The van der Waals surface area contributed by atoms with Crippen molar-refractivity contribution in [2.45, 2.75) is 26.6 Å². The van der Waals surface area contributed by atoms with Crippen molar-refractivity contribution in [1.82, 2.24) is 15.3 Å². The van der Waals surface area contributed by atoms with Crippen molar-refractivity contribution < 1.29 is 13.5 Å². The standard InChI is InChI=1S/C13H15F2N3O/c1-9-17-8-11(18-9)7-16-6-10-2-4-12(5-3-10)19-13(14)15/h2-5,8,13,16H,6-7H2,1H3,(H,17,18). The fraction of sp³-hybridized carbons (Fsp3) is 0.308. The van der Waals surface area contributed by atoms with Gasteiger partial charge in [0.25, 0.3) is 0 Å². The monoisotopic (exact) mass is 267 g/mol. The van der Waals surface area contributed by atoms with Crippen molar-refractivity contribution in [3.05, 3.63) is 47.5 Å². The number of hydrogen-bond acceptors (Lipinski definition) is 3. The number of halogens is 2. The summed E-state index contributed by atoms with van der Waals surface area (Å²) in [7, 11) is 0. The summed E-state index contributed by atoms with van der Waals surface area (Å²) in [5, 5.41) is 3.23. The van der Waals surface area contributed by atoms with Gasteiger partial charge in [0.05, 0.1) is 0 Å². The molecule has 0 unspecified atom stereocenters. The molecule has 0 radical (unpaired) electrons. The van der Waals surface area contributed by atoms with Gasteiger partial charge in [-0.05, 0) is 24.6 Å². The molecule has 1 aromatic carbocycles. The summed E-state index contributed by atoms with van der Waals surface area (Å²) in [5.74, 6) is 1.05. The van der Waals surface area contributed by atoms with E-state index in [1.54, 1.807) is 18.3 Å². The Hall–Kier alpha value is -1.95. The van der Waals surface area contributed by atoms with Gasteiger partial charge in [-0.2, -0.15) is 8.78 Å². The van der Waals surface area contributed by atoms with Crippen LogP contribution in [0.2, 0.25) is 0 Å². The quantitative estimate of drug-likeness (QED) is 0.845. The maximum Gasteiger partial charge on any atom is 0.387 e. The van der Waals surface area contributed by atoms with Crippen LogP contribution >= 0.6 is 0 Å². The Morgan fingerprint density at radius 1 is 1.26 bits per heavy atom. The lowest BCUT2D eigenvalue weighted by molar-refractivity contribution is -0.0498. The third kappa shape index (κ3) is 4.33. The van der Waals surface area contributed by atoms with Crippen molar-refractivity contribution in [1.29, 1.82) is 0 Å². The summed E-state index contributed by atoms with van der Waals surface area (Å²) in [5.41, 5.74) is 2.01. The van der Waals surface area contributed by atoms with Crippen LogP contribution in [0.5, 0.6) is 5.75 Å². The largest absolute Gasteiger partial charge is 0.435 e. The van der Waals surface area contributed by atoms with E-state index in [2.05, 4.69) is 20.0 Å². The smallest absolute Gasteiger partial charge is 0.387 e. The number of nitrogens with one attached hydrogen (secondary N) is 2. The maximum atomic E-state index is 12.0. The van der Waals surface area contributed by atoms with E-state index in [1.165, 1.54) is 12.1 Å². The Morgan fingerprint density at radius 2 is 2.00 bits per heavy atom. The Balaban J connectivity index is 1.79. The summed E-state index contributed by atoms with van der Waals surface area (Å²) in [6.45, 7) is 0.432. The van der Waals surface area contributed by atoms with E-state index in [4.69, 9.17) is 0 Å². The van der Waals surface area contributed by atoms with Crippen molar-refractivity contribution in [3.63, 3.8) is 0 Å². The lowest BCUT2D eigenvalue weighted by atomic mass is 10.2. The minimum atomic E-state index is -2.78. The molecule has 0 saturated heterocycles. The first-order valence-corrected chi connectivity index (χ1v) is 5.88. The molecule has 4 nitrogen and oxygen atoms in total. The molecule has 0 fully saturated rings. The van der Waals surface area contributed by atoms with Crippen molar-refractivity contribution >= 4 is 0 Å². The molecule has 0 aliphatic carbocycles. The molecule has 0 aliphatic rings. The molecule has 2 aromatic rings. The number of benzene rings is 1. The molecule has 0 aliphatic heterocycles. The summed E-state index contributed by atoms with van der Waals surface area (Å²) in [4.78, 5) is 7.21. The molecule has 1 heterocycles. The Bertz CT molecular complexity index is 511. The topological polar surface area (TPSA) is 49.9 Å². The molecule has 0 atom stereocenters. The first-order chi connectivity index (χ1) is 9.13.